The molecule has 1 fully saturated rings. The van der Waals surface area contributed by atoms with Gasteiger partial charge in [0.2, 0.25) is 0 Å². The van der Waals surface area contributed by atoms with Gasteiger partial charge >= 0.3 is 0 Å². The number of hydrazine groups is 1. The lowest BCUT2D eigenvalue weighted by atomic mass is 10.0. The first-order valence-corrected chi connectivity index (χ1v) is 3.77. The average molecular weight is 162 g/mol. The summed E-state index contributed by atoms with van der Waals surface area (Å²) in [6, 6.07) is 0. The maximum atomic E-state index is 8.78. The summed E-state index contributed by atoms with van der Waals surface area (Å²) in [7, 11) is 0. The fraction of sp³-hybridized carbons (Fsp3) is 1.00. The quantitative estimate of drug-likeness (QED) is 0.486. The van der Waals surface area contributed by atoms with E-state index in [2.05, 4.69) is 0 Å². The summed E-state index contributed by atoms with van der Waals surface area (Å²) in [5.41, 5.74) is 0. The third kappa shape index (κ3) is 2.39. The molecule has 0 aromatic rings. The fourth-order valence-electron chi connectivity index (χ4n) is 1.35. The molecule has 0 aromatic heterocycles. The van der Waals surface area contributed by atoms with E-state index in [1.54, 1.807) is 0 Å². The smallest absolute Gasteiger partial charge is 0.0472 e. The highest BCUT2D eigenvalue weighted by molar-refractivity contribution is 4.67. The Balaban J connectivity index is 2.33. The molecule has 0 amide bonds. The van der Waals surface area contributed by atoms with Crippen molar-refractivity contribution in [2.75, 3.05) is 19.7 Å². The third-order valence-corrected chi connectivity index (χ3v) is 2.01. The number of hydrogen-bond acceptors (Lipinski definition) is 5. The summed E-state index contributed by atoms with van der Waals surface area (Å²) in [4.78, 5) is 0. The average Bonchev–Trinajstić information content (AvgIpc) is 2.05. The molecule has 0 spiro atoms. The minimum absolute atomic E-state index is 0.113. The van der Waals surface area contributed by atoms with Crippen molar-refractivity contribution in [1.82, 2.24) is 10.3 Å². The molecule has 1 aliphatic heterocycles. The molecule has 5 heteroatoms. The number of nitrogens with zero attached hydrogens (tertiary/aromatic N) is 2. The van der Waals surface area contributed by atoms with Crippen molar-refractivity contribution in [3.05, 3.63) is 0 Å². The van der Waals surface area contributed by atoms with Crippen LogP contribution < -0.4 is 0 Å². The lowest BCUT2D eigenvalue weighted by Gasteiger charge is -2.32. The molecule has 3 N–H and O–H groups in total. The second-order valence-electron chi connectivity index (χ2n) is 2.87. The monoisotopic (exact) mass is 162 g/mol. The molecule has 1 heterocycles. The predicted molar refractivity (Wildman–Crippen MR) is 36.8 cm³/mol. The Labute approximate surface area is 65.3 Å². The first-order chi connectivity index (χ1) is 5.24. The first kappa shape index (κ1) is 8.89. The molecule has 5 nitrogen and oxygen atoms in total. The van der Waals surface area contributed by atoms with Crippen LogP contribution >= 0.6 is 0 Å². The van der Waals surface area contributed by atoms with Crippen molar-refractivity contribution in [2.45, 2.75) is 12.8 Å². The van der Waals surface area contributed by atoms with Crippen LogP contribution in [0.25, 0.3) is 0 Å². The minimum Gasteiger partial charge on any atom is -0.396 e. The van der Waals surface area contributed by atoms with Crippen molar-refractivity contribution in [2.24, 2.45) is 5.92 Å². The van der Waals surface area contributed by atoms with Crippen LogP contribution in [-0.2, 0) is 0 Å². The Hall–Kier alpha value is -0.200. The van der Waals surface area contributed by atoms with Crippen molar-refractivity contribution in [3.8, 4) is 0 Å². The van der Waals surface area contributed by atoms with E-state index in [4.69, 9.17) is 15.5 Å². The number of rotatable bonds is 2. The van der Waals surface area contributed by atoms with Gasteiger partial charge in [-0.1, -0.05) is 0 Å². The van der Waals surface area contributed by atoms with Crippen molar-refractivity contribution >= 4 is 0 Å². The normalized spacial score (nSPS) is 27.8. The lowest BCUT2D eigenvalue weighted by molar-refractivity contribution is -0.423. The molecule has 0 aliphatic carbocycles. The van der Waals surface area contributed by atoms with Gasteiger partial charge in [0.05, 0.1) is 0 Å². The van der Waals surface area contributed by atoms with E-state index in [-0.39, 0.29) is 17.9 Å². The Kier molecular flexibility index (Phi) is 3.22. The Morgan fingerprint density at radius 1 is 1.45 bits per heavy atom. The Bertz CT molecular complexity index is 120. The SMILES string of the molecule is OCC1CCCN(N(O)O)C1. The molecule has 0 saturated carbocycles. The number of aliphatic hydroxyl groups is 1. The van der Waals surface area contributed by atoms with Crippen LogP contribution in [0.1, 0.15) is 12.8 Å². The highest BCUT2D eigenvalue weighted by Gasteiger charge is 2.21. The Morgan fingerprint density at radius 3 is 2.73 bits per heavy atom. The standard InChI is InChI=1S/C6H14N2O3/c9-5-6-2-1-3-7(4-6)8(10)11/h6,9-11H,1-5H2. The van der Waals surface area contributed by atoms with Gasteiger partial charge in [-0.25, -0.2) is 0 Å². The summed E-state index contributed by atoms with van der Waals surface area (Å²) in [6.07, 6.45) is 1.85. The van der Waals surface area contributed by atoms with Gasteiger partial charge in [0.1, 0.15) is 0 Å². The summed E-state index contributed by atoms with van der Waals surface area (Å²) < 4.78 is 0. The van der Waals surface area contributed by atoms with E-state index in [0.717, 1.165) is 12.8 Å². The minimum atomic E-state index is 0.113. The molecule has 1 aliphatic rings. The van der Waals surface area contributed by atoms with E-state index < -0.39 is 0 Å². The van der Waals surface area contributed by atoms with Crippen LogP contribution in [0.2, 0.25) is 0 Å². The molecular weight excluding hydrogens is 148 g/mol. The zero-order valence-corrected chi connectivity index (χ0v) is 6.35. The van der Waals surface area contributed by atoms with Gasteiger partial charge in [-0.2, -0.15) is 5.01 Å². The van der Waals surface area contributed by atoms with Crippen LogP contribution in [0.15, 0.2) is 0 Å². The first-order valence-electron chi connectivity index (χ1n) is 3.77. The molecule has 1 unspecified atom stereocenters. The summed E-state index contributed by atoms with van der Waals surface area (Å²) in [5.74, 6) is 0.172. The van der Waals surface area contributed by atoms with E-state index in [9.17, 15) is 0 Å². The van der Waals surface area contributed by atoms with Crippen molar-refractivity contribution in [1.29, 1.82) is 0 Å². The molecule has 11 heavy (non-hydrogen) atoms. The number of piperidine rings is 1. The largest absolute Gasteiger partial charge is 0.396 e. The van der Waals surface area contributed by atoms with Gasteiger partial charge < -0.3 is 5.11 Å². The van der Waals surface area contributed by atoms with Crippen molar-refractivity contribution < 1.29 is 15.5 Å². The van der Waals surface area contributed by atoms with Gasteiger partial charge in [-0.05, 0) is 18.8 Å². The van der Waals surface area contributed by atoms with Crippen LogP contribution in [0, 0.1) is 5.92 Å². The Morgan fingerprint density at radius 2 is 2.18 bits per heavy atom. The number of hydrogen-bond donors (Lipinski definition) is 3. The predicted octanol–water partition coefficient (Wildman–Crippen LogP) is -0.314. The van der Waals surface area contributed by atoms with Gasteiger partial charge in [-0.3, -0.25) is 10.4 Å². The molecule has 0 aromatic carbocycles. The van der Waals surface area contributed by atoms with Gasteiger partial charge in [0.25, 0.3) is 0 Å². The summed E-state index contributed by atoms with van der Waals surface area (Å²) in [6.45, 7) is 1.28. The van der Waals surface area contributed by atoms with Crippen molar-refractivity contribution in [3.63, 3.8) is 0 Å². The number of aliphatic hydroxyl groups excluding tert-OH is 1. The van der Waals surface area contributed by atoms with Crippen LogP contribution in [0.3, 0.4) is 0 Å². The molecule has 1 saturated heterocycles. The van der Waals surface area contributed by atoms with E-state index in [1.807, 2.05) is 0 Å². The maximum Gasteiger partial charge on any atom is 0.0472 e. The second kappa shape index (κ2) is 3.99. The van der Waals surface area contributed by atoms with E-state index in [1.165, 1.54) is 5.01 Å². The third-order valence-electron chi connectivity index (χ3n) is 2.01. The van der Waals surface area contributed by atoms with E-state index >= 15 is 0 Å². The van der Waals surface area contributed by atoms with Gasteiger partial charge in [0.15, 0.2) is 0 Å². The topological polar surface area (TPSA) is 67.2 Å². The highest BCUT2D eigenvalue weighted by Crippen LogP contribution is 2.15. The van der Waals surface area contributed by atoms with Gasteiger partial charge in [-0.15, -0.1) is 0 Å². The second-order valence-corrected chi connectivity index (χ2v) is 2.87. The van der Waals surface area contributed by atoms with Crippen LogP contribution in [-0.4, -0.2) is 45.6 Å². The van der Waals surface area contributed by atoms with Gasteiger partial charge in [0, 0.05) is 25.0 Å². The zero-order chi connectivity index (χ0) is 8.27. The summed E-state index contributed by atoms with van der Waals surface area (Å²) >= 11 is 0. The van der Waals surface area contributed by atoms with Crippen LogP contribution in [0.4, 0.5) is 0 Å². The molecular formula is C6H14N2O3. The molecule has 1 atom stereocenters. The zero-order valence-electron chi connectivity index (χ0n) is 6.35. The maximum absolute atomic E-state index is 8.78. The molecule has 0 radical (unpaired) electrons. The molecule has 66 valence electrons. The van der Waals surface area contributed by atoms with Crippen LogP contribution in [0.5, 0.6) is 0 Å². The lowest BCUT2D eigenvalue weighted by Crippen LogP contribution is -2.45. The summed E-state index contributed by atoms with van der Waals surface area (Å²) in [5, 5.41) is 27.5. The highest BCUT2D eigenvalue weighted by atomic mass is 16.8. The molecule has 1 rings (SSSR count). The molecule has 0 bridgehead atoms. The van der Waals surface area contributed by atoms with E-state index in [0.29, 0.717) is 13.1 Å². The fourth-order valence-corrected chi connectivity index (χ4v) is 1.35.